The van der Waals surface area contributed by atoms with Gasteiger partial charge in [-0.05, 0) is 25.0 Å². The van der Waals surface area contributed by atoms with Crippen LogP contribution in [0, 0.1) is 0 Å². The molecular weight excluding hydrogens is 413 g/mol. The fourth-order valence-electron chi connectivity index (χ4n) is 3.82. The molecule has 1 aromatic carbocycles. The second-order valence-corrected chi connectivity index (χ2v) is 8.07. The summed E-state index contributed by atoms with van der Waals surface area (Å²) < 4.78 is 40.6. The number of alkyl halides is 3. The third-order valence-corrected chi connectivity index (χ3v) is 6.24. The van der Waals surface area contributed by atoms with E-state index in [-0.39, 0.29) is 5.92 Å². The van der Waals surface area contributed by atoms with Crippen molar-refractivity contribution in [3.8, 4) is 5.69 Å². The van der Waals surface area contributed by atoms with E-state index >= 15 is 0 Å². The minimum absolute atomic E-state index is 0.0611. The van der Waals surface area contributed by atoms with E-state index in [1.54, 1.807) is 10.9 Å². The molecule has 30 heavy (non-hydrogen) atoms. The van der Waals surface area contributed by atoms with E-state index in [1.165, 1.54) is 6.33 Å². The van der Waals surface area contributed by atoms with Crippen LogP contribution in [0.3, 0.4) is 0 Å². The summed E-state index contributed by atoms with van der Waals surface area (Å²) in [6, 6.07) is 9.71. The van der Waals surface area contributed by atoms with Crippen LogP contribution in [0.2, 0.25) is 0 Å². The minimum atomic E-state index is -4.41. The number of benzene rings is 1. The number of hydrogen-bond donors (Lipinski definition) is 0. The first-order valence-electron chi connectivity index (χ1n) is 9.52. The molecule has 0 saturated carbocycles. The van der Waals surface area contributed by atoms with Crippen molar-refractivity contribution in [2.24, 2.45) is 0 Å². The smallest absolute Gasteiger partial charge is 0.355 e. The van der Waals surface area contributed by atoms with E-state index in [4.69, 9.17) is 0 Å². The molecule has 1 saturated heterocycles. The van der Waals surface area contributed by atoms with Gasteiger partial charge in [0.15, 0.2) is 11.3 Å². The molecule has 0 spiro atoms. The summed E-state index contributed by atoms with van der Waals surface area (Å²) in [6.45, 7) is 1.34. The van der Waals surface area contributed by atoms with Crippen molar-refractivity contribution in [2.45, 2.75) is 24.9 Å². The zero-order valence-corrected chi connectivity index (χ0v) is 16.6. The Morgan fingerprint density at radius 3 is 2.70 bits per heavy atom. The average molecular weight is 430 g/mol. The lowest BCUT2D eigenvalue weighted by molar-refractivity contribution is -0.140. The molecule has 0 N–H and O–H groups in total. The van der Waals surface area contributed by atoms with Crippen molar-refractivity contribution < 1.29 is 13.2 Å². The molecule has 1 fully saturated rings. The van der Waals surface area contributed by atoms with Crippen LogP contribution in [0.4, 0.5) is 19.0 Å². The zero-order valence-electron chi connectivity index (χ0n) is 15.8. The van der Waals surface area contributed by atoms with Crippen LogP contribution in [-0.4, -0.2) is 37.8 Å². The molecule has 5 rings (SSSR count). The molecule has 0 bridgehead atoms. The Kier molecular flexibility index (Phi) is 4.65. The number of halogens is 3. The van der Waals surface area contributed by atoms with E-state index in [2.05, 4.69) is 25.0 Å². The molecule has 6 nitrogen and oxygen atoms in total. The van der Waals surface area contributed by atoms with Gasteiger partial charge in [-0.25, -0.2) is 19.6 Å². The number of rotatable bonds is 3. The Morgan fingerprint density at radius 2 is 1.93 bits per heavy atom. The molecule has 4 aromatic rings. The van der Waals surface area contributed by atoms with Crippen molar-refractivity contribution in [1.29, 1.82) is 0 Å². The summed E-state index contributed by atoms with van der Waals surface area (Å²) in [7, 11) is 0. The van der Waals surface area contributed by atoms with Gasteiger partial charge in [0.2, 0.25) is 0 Å². The van der Waals surface area contributed by atoms with Gasteiger partial charge in [-0.3, -0.25) is 0 Å². The molecular formula is C20H17F3N6S. The van der Waals surface area contributed by atoms with Crippen molar-refractivity contribution in [1.82, 2.24) is 24.7 Å². The van der Waals surface area contributed by atoms with Crippen LogP contribution >= 0.6 is 11.3 Å². The minimum Gasteiger partial charge on any atom is -0.355 e. The Labute approximate surface area is 174 Å². The maximum absolute atomic E-state index is 12.9. The summed E-state index contributed by atoms with van der Waals surface area (Å²) in [5, 5.41) is 6.92. The molecule has 10 heteroatoms. The van der Waals surface area contributed by atoms with Crippen LogP contribution < -0.4 is 4.90 Å². The number of hydrogen-bond acceptors (Lipinski definition) is 6. The monoisotopic (exact) mass is 430 g/mol. The average Bonchev–Trinajstić information content (AvgIpc) is 3.42. The lowest BCUT2D eigenvalue weighted by Gasteiger charge is -2.32. The molecule has 4 heterocycles. The SMILES string of the molecule is FC(F)(F)c1csc(C2CCCN(c3ncnc4c3cnn4-c3ccccc3)C2)n1. The number of fused-ring (bicyclic) bond motifs is 1. The summed E-state index contributed by atoms with van der Waals surface area (Å²) >= 11 is 1.08. The van der Waals surface area contributed by atoms with Crippen LogP contribution in [-0.2, 0) is 6.18 Å². The molecule has 3 aromatic heterocycles. The molecule has 154 valence electrons. The fraction of sp³-hybridized carbons (Fsp3) is 0.300. The Bertz CT molecular complexity index is 1170. The summed E-state index contributed by atoms with van der Waals surface area (Å²) in [6.07, 6.45) is 0.497. The van der Waals surface area contributed by atoms with Gasteiger partial charge in [-0.1, -0.05) is 18.2 Å². The van der Waals surface area contributed by atoms with E-state index in [9.17, 15) is 13.2 Å². The molecule has 0 aliphatic carbocycles. The van der Waals surface area contributed by atoms with Crippen molar-refractivity contribution in [3.05, 3.63) is 58.9 Å². The lowest BCUT2D eigenvalue weighted by atomic mass is 9.98. The summed E-state index contributed by atoms with van der Waals surface area (Å²) in [4.78, 5) is 14.8. The highest BCUT2D eigenvalue weighted by atomic mass is 32.1. The van der Waals surface area contributed by atoms with Gasteiger partial charge in [-0.15, -0.1) is 11.3 Å². The fourth-order valence-corrected chi connectivity index (χ4v) is 4.77. The first-order chi connectivity index (χ1) is 14.5. The number of aromatic nitrogens is 5. The van der Waals surface area contributed by atoms with E-state index < -0.39 is 11.9 Å². The van der Waals surface area contributed by atoms with Crippen molar-refractivity contribution in [3.63, 3.8) is 0 Å². The lowest BCUT2D eigenvalue weighted by Crippen LogP contribution is -2.35. The number of anilines is 1. The van der Waals surface area contributed by atoms with Gasteiger partial charge in [0.1, 0.15) is 12.1 Å². The second-order valence-electron chi connectivity index (χ2n) is 7.18. The van der Waals surface area contributed by atoms with E-state index in [0.717, 1.165) is 53.0 Å². The van der Waals surface area contributed by atoms with Gasteiger partial charge in [0.25, 0.3) is 0 Å². The van der Waals surface area contributed by atoms with Gasteiger partial charge < -0.3 is 4.90 Å². The first-order valence-corrected chi connectivity index (χ1v) is 10.4. The number of para-hydroxylation sites is 1. The van der Waals surface area contributed by atoms with Gasteiger partial charge >= 0.3 is 6.18 Å². The maximum atomic E-state index is 12.9. The number of thiazole rings is 1. The van der Waals surface area contributed by atoms with Crippen LogP contribution in [0.1, 0.15) is 29.5 Å². The first kappa shape index (κ1) is 19.0. The third-order valence-electron chi connectivity index (χ3n) is 5.23. The Balaban J connectivity index is 1.45. The van der Waals surface area contributed by atoms with Crippen LogP contribution in [0.25, 0.3) is 16.7 Å². The largest absolute Gasteiger partial charge is 0.434 e. The molecule has 0 radical (unpaired) electrons. The highest BCUT2D eigenvalue weighted by molar-refractivity contribution is 7.09. The van der Waals surface area contributed by atoms with Crippen LogP contribution in [0.15, 0.2) is 48.2 Å². The highest BCUT2D eigenvalue weighted by Gasteiger charge is 2.35. The number of piperidine rings is 1. The molecule has 1 aliphatic rings. The van der Waals surface area contributed by atoms with Crippen molar-refractivity contribution in [2.75, 3.05) is 18.0 Å². The standard InChI is InChI=1S/C20H17F3N6S/c21-20(22,23)16-11-30-19(27-16)13-5-4-8-28(10-13)17-15-9-26-29(18(15)25-12-24-17)14-6-2-1-3-7-14/h1-3,6-7,9,11-13H,4-5,8,10H2. The quantitative estimate of drug-likeness (QED) is 0.473. The predicted molar refractivity (Wildman–Crippen MR) is 108 cm³/mol. The Morgan fingerprint density at radius 1 is 1.10 bits per heavy atom. The molecule has 1 aliphatic heterocycles. The predicted octanol–water partition coefficient (Wildman–Crippen LogP) is 4.67. The van der Waals surface area contributed by atoms with Gasteiger partial charge in [-0.2, -0.15) is 18.3 Å². The van der Waals surface area contributed by atoms with E-state index in [0.29, 0.717) is 17.2 Å². The van der Waals surface area contributed by atoms with Gasteiger partial charge in [0, 0.05) is 24.4 Å². The molecule has 0 amide bonds. The topological polar surface area (TPSA) is 59.7 Å². The Hall–Kier alpha value is -3.01. The second kappa shape index (κ2) is 7.35. The normalized spacial score (nSPS) is 17.6. The van der Waals surface area contributed by atoms with Gasteiger partial charge in [0.05, 0.1) is 22.3 Å². The third kappa shape index (κ3) is 3.41. The summed E-state index contributed by atoms with van der Waals surface area (Å²) in [5.74, 6) is 0.688. The summed E-state index contributed by atoms with van der Waals surface area (Å²) in [5.41, 5.74) is 0.784. The van der Waals surface area contributed by atoms with Crippen molar-refractivity contribution >= 4 is 28.2 Å². The van der Waals surface area contributed by atoms with Crippen LogP contribution in [0.5, 0.6) is 0 Å². The molecule has 1 unspecified atom stereocenters. The molecule has 1 atom stereocenters. The maximum Gasteiger partial charge on any atom is 0.434 e. The van der Waals surface area contributed by atoms with E-state index in [1.807, 2.05) is 30.3 Å². The highest BCUT2D eigenvalue weighted by Crippen LogP contribution is 2.36. The zero-order chi connectivity index (χ0) is 20.7. The number of nitrogens with zero attached hydrogens (tertiary/aromatic N) is 6.